The van der Waals surface area contributed by atoms with Crippen molar-refractivity contribution in [2.75, 3.05) is 11.5 Å². The second-order valence-corrected chi connectivity index (χ2v) is 3.15. The van der Waals surface area contributed by atoms with Crippen LogP contribution in [0.4, 0.5) is 0 Å². The molecule has 0 unspecified atom stereocenters. The van der Waals surface area contributed by atoms with Crippen LogP contribution < -0.4 is 0 Å². The Morgan fingerprint density at radius 2 is 2.50 bits per heavy atom. The lowest BCUT2D eigenvalue weighted by molar-refractivity contribution is 0.231. The minimum Gasteiger partial charge on any atom is -0.388 e. The topological polar surface area (TPSA) is 20.2 Å². The zero-order valence-electron chi connectivity index (χ0n) is 4.76. The Morgan fingerprint density at radius 3 is 2.88 bits per heavy atom. The molecule has 1 rings (SSSR count). The maximum absolute atomic E-state index is 9.06. The lowest BCUT2D eigenvalue weighted by Gasteiger charge is -2.18. The van der Waals surface area contributed by atoms with Gasteiger partial charge in [0.2, 0.25) is 0 Å². The third-order valence-electron chi connectivity index (χ3n) is 1.31. The Balaban J connectivity index is 2.39. The molecule has 2 heteroatoms. The first-order chi connectivity index (χ1) is 3.80. The van der Waals surface area contributed by atoms with E-state index in [1.807, 2.05) is 0 Å². The third kappa shape index (κ3) is 1.26. The first-order valence-corrected chi connectivity index (χ1v) is 3.89. The predicted molar refractivity (Wildman–Crippen MR) is 37.1 cm³/mol. The molecule has 0 saturated carbocycles. The monoisotopic (exact) mass is 130 g/mol. The van der Waals surface area contributed by atoms with Crippen LogP contribution in [0.5, 0.6) is 0 Å². The van der Waals surface area contributed by atoms with Crippen LogP contribution in [0, 0.1) is 0 Å². The van der Waals surface area contributed by atoms with E-state index in [4.69, 9.17) is 5.11 Å². The average Bonchev–Trinajstić information content (AvgIpc) is 1.77. The van der Waals surface area contributed by atoms with Crippen LogP contribution in [-0.4, -0.2) is 22.7 Å². The van der Waals surface area contributed by atoms with Crippen molar-refractivity contribution in [1.82, 2.24) is 0 Å². The molecular weight excluding hydrogens is 120 g/mol. The molecule has 1 fully saturated rings. The molecule has 8 heavy (non-hydrogen) atoms. The number of rotatable bonds is 0. The van der Waals surface area contributed by atoms with Gasteiger partial charge in [0, 0.05) is 5.75 Å². The van der Waals surface area contributed by atoms with Crippen LogP contribution in [0.2, 0.25) is 0 Å². The van der Waals surface area contributed by atoms with Gasteiger partial charge in [-0.05, 0) is 17.7 Å². The fraction of sp³-hybridized carbons (Fsp3) is 0.667. The smallest absolute Gasteiger partial charge is 0.0838 e. The highest BCUT2D eigenvalue weighted by Gasteiger charge is 2.12. The maximum Gasteiger partial charge on any atom is 0.0838 e. The van der Waals surface area contributed by atoms with Crippen molar-refractivity contribution in [2.24, 2.45) is 0 Å². The van der Waals surface area contributed by atoms with E-state index in [-0.39, 0.29) is 6.10 Å². The molecule has 1 N–H and O–H groups in total. The van der Waals surface area contributed by atoms with Gasteiger partial charge in [0.05, 0.1) is 6.10 Å². The summed E-state index contributed by atoms with van der Waals surface area (Å²) in [6.45, 7) is 3.73. The zero-order chi connectivity index (χ0) is 5.98. The summed E-state index contributed by atoms with van der Waals surface area (Å²) in [5.41, 5.74) is 1.00. The highest BCUT2D eigenvalue weighted by molar-refractivity contribution is 7.99. The van der Waals surface area contributed by atoms with Gasteiger partial charge in [-0.1, -0.05) is 6.58 Å². The highest BCUT2D eigenvalue weighted by Crippen LogP contribution is 2.20. The molecule has 0 amide bonds. The molecule has 1 atom stereocenters. The van der Waals surface area contributed by atoms with Gasteiger partial charge in [-0.3, -0.25) is 0 Å². The van der Waals surface area contributed by atoms with E-state index < -0.39 is 0 Å². The van der Waals surface area contributed by atoms with Gasteiger partial charge in [0.15, 0.2) is 0 Å². The molecule has 0 aromatic rings. The van der Waals surface area contributed by atoms with Gasteiger partial charge >= 0.3 is 0 Å². The van der Waals surface area contributed by atoms with Crippen LogP contribution >= 0.6 is 11.8 Å². The van der Waals surface area contributed by atoms with Gasteiger partial charge in [0.25, 0.3) is 0 Å². The van der Waals surface area contributed by atoms with E-state index in [0.29, 0.717) is 0 Å². The van der Waals surface area contributed by atoms with Gasteiger partial charge < -0.3 is 5.11 Å². The number of hydrogen-bond acceptors (Lipinski definition) is 2. The molecule has 0 aromatic heterocycles. The lowest BCUT2D eigenvalue weighted by Crippen LogP contribution is -2.17. The summed E-state index contributed by atoms with van der Waals surface area (Å²) < 4.78 is 0. The van der Waals surface area contributed by atoms with Crippen molar-refractivity contribution in [2.45, 2.75) is 12.5 Å². The summed E-state index contributed by atoms with van der Waals surface area (Å²) in [5, 5.41) is 9.06. The molecule has 0 radical (unpaired) electrons. The summed E-state index contributed by atoms with van der Waals surface area (Å²) in [6, 6.07) is 0. The van der Waals surface area contributed by atoms with Crippen LogP contribution in [0.1, 0.15) is 6.42 Å². The first-order valence-electron chi connectivity index (χ1n) is 2.74. The molecule has 1 nitrogen and oxygen atoms in total. The Kier molecular flexibility index (Phi) is 1.97. The Hall–Kier alpha value is 0.0500. The first kappa shape index (κ1) is 6.17. The van der Waals surface area contributed by atoms with Crippen molar-refractivity contribution >= 4 is 11.8 Å². The largest absolute Gasteiger partial charge is 0.388 e. The molecule has 46 valence electrons. The van der Waals surface area contributed by atoms with E-state index in [1.165, 1.54) is 0 Å². The number of aliphatic hydroxyl groups excluding tert-OH is 1. The highest BCUT2D eigenvalue weighted by atomic mass is 32.2. The molecule has 0 spiro atoms. The molecule has 1 saturated heterocycles. The normalized spacial score (nSPS) is 30.6. The van der Waals surface area contributed by atoms with E-state index in [0.717, 1.165) is 23.5 Å². The molecule has 0 aromatic carbocycles. The van der Waals surface area contributed by atoms with Crippen molar-refractivity contribution in [3.8, 4) is 0 Å². The summed E-state index contributed by atoms with van der Waals surface area (Å²) >= 11 is 1.80. The summed E-state index contributed by atoms with van der Waals surface area (Å²) in [4.78, 5) is 0. The van der Waals surface area contributed by atoms with Crippen LogP contribution in [0.15, 0.2) is 12.2 Å². The van der Waals surface area contributed by atoms with Crippen molar-refractivity contribution < 1.29 is 5.11 Å². The van der Waals surface area contributed by atoms with Crippen molar-refractivity contribution in [3.63, 3.8) is 0 Å². The SMILES string of the molecule is C=C1CCSC[C@@H]1O. The zero-order valence-corrected chi connectivity index (χ0v) is 5.58. The Morgan fingerprint density at radius 1 is 1.75 bits per heavy atom. The minimum atomic E-state index is -0.228. The summed E-state index contributed by atoms with van der Waals surface area (Å²) in [5.74, 6) is 1.98. The predicted octanol–water partition coefficient (Wildman–Crippen LogP) is 1.04. The third-order valence-corrected chi connectivity index (χ3v) is 2.36. The van der Waals surface area contributed by atoms with Crippen molar-refractivity contribution in [3.05, 3.63) is 12.2 Å². The standard InChI is InChI=1S/C6H10OS/c1-5-2-3-8-4-6(5)7/h6-7H,1-4H2/t6-/m0/s1. The van der Waals surface area contributed by atoms with Gasteiger partial charge in [-0.25, -0.2) is 0 Å². The maximum atomic E-state index is 9.06. The molecular formula is C6H10OS. The van der Waals surface area contributed by atoms with E-state index in [2.05, 4.69) is 6.58 Å². The summed E-state index contributed by atoms with van der Waals surface area (Å²) in [6.07, 6.45) is 0.764. The Labute approximate surface area is 53.8 Å². The molecule has 1 heterocycles. The van der Waals surface area contributed by atoms with E-state index >= 15 is 0 Å². The number of hydrogen-bond donors (Lipinski definition) is 1. The second-order valence-electron chi connectivity index (χ2n) is 2.00. The molecule has 1 aliphatic rings. The van der Waals surface area contributed by atoms with E-state index in [9.17, 15) is 0 Å². The second kappa shape index (κ2) is 2.55. The molecule has 0 bridgehead atoms. The van der Waals surface area contributed by atoms with Crippen LogP contribution in [0.25, 0.3) is 0 Å². The average molecular weight is 130 g/mol. The number of aliphatic hydroxyl groups is 1. The molecule has 1 aliphatic heterocycles. The fourth-order valence-corrected chi connectivity index (χ4v) is 1.71. The van der Waals surface area contributed by atoms with Crippen LogP contribution in [-0.2, 0) is 0 Å². The number of thioether (sulfide) groups is 1. The fourth-order valence-electron chi connectivity index (χ4n) is 0.683. The minimum absolute atomic E-state index is 0.228. The lowest BCUT2D eigenvalue weighted by atomic mass is 10.1. The molecule has 0 aliphatic carbocycles. The van der Waals surface area contributed by atoms with Gasteiger partial charge in [-0.2, -0.15) is 11.8 Å². The van der Waals surface area contributed by atoms with Crippen LogP contribution in [0.3, 0.4) is 0 Å². The quantitative estimate of drug-likeness (QED) is 0.494. The van der Waals surface area contributed by atoms with E-state index in [1.54, 1.807) is 11.8 Å². The summed E-state index contributed by atoms with van der Waals surface area (Å²) in [7, 11) is 0. The van der Waals surface area contributed by atoms with Gasteiger partial charge in [-0.15, -0.1) is 0 Å². The Bertz CT molecular complexity index is 101. The van der Waals surface area contributed by atoms with Gasteiger partial charge in [0.1, 0.15) is 0 Å². The van der Waals surface area contributed by atoms with Crippen molar-refractivity contribution in [1.29, 1.82) is 0 Å².